The Labute approximate surface area is 115 Å². The lowest BCUT2D eigenvalue weighted by atomic mass is 9.92. The number of aryl methyl sites for hydroxylation is 1. The highest BCUT2D eigenvalue weighted by molar-refractivity contribution is 5.58. The van der Waals surface area contributed by atoms with Crippen LogP contribution >= 0.6 is 0 Å². The first kappa shape index (κ1) is 14.3. The molecule has 1 aliphatic heterocycles. The van der Waals surface area contributed by atoms with Crippen LogP contribution in [0, 0.1) is 18.7 Å². The maximum Gasteiger partial charge on any atom is 0.126 e. The second-order valence-electron chi connectivity index (χ2n) is 6.13. The predicted octanol–water partition coefficient (Wildman–Crippen LogP) is 3.78. The molecule has 2 unspecified atom stereocenters. The third-order valence-corrected chi connectivity index (χ3v) is 4.23. The maximum absolute atomic E-state index is 13.8. The zero-order chi connectivity index (χ0) is 14.2. The van der Waals surface area contributed by atoms with Crippen LogP contribution in [0.15, 0.2) is 12.1 Å². The van der Waals surface area contributed by atoms with Crippen LogP contribution in [0.1, 0.15) is 50.8 Å². The first-order valence-corrected chi connectivity index (χ1v) is 7.22. The molecule has 0 spiro atoms. The Morgan fingerprint density at radius 2 is 2.00 bits per heavy atom. The summed E-state index contributed by atoms with van der Waals surface area (Å²) in [5.41, 5.74) is 8.76. The molecular weight excluding hydrogens is 239 g/mol. The molecule has 1 aromatic rings. The normalized spacial score (nSPS) is 25.5. The molecule has 1 fully saturated rings. The molecule has 0 aromatic heterocycles. The Bertz CT molecular complexity index is 456. The van der Waals surface area contributed by atoms with E-state index in [0.717, 1.165) is 17.8 Å². The van der Waals surface area contributed by atoms with Crippen molar-refractivity contribution in [2.75, 3.05) is 11.4 Å². The van der Waals surface area contributed by atoms with Crippen molar-refractivity contribution in [3.05, 3.63) is 29.1 Å². The van der Waals surface area contributed by atoms with Gasteiger partial charge in [0.25, 0.3) is 0 Å². The first-order chi connectivity index (χ1) is 8.90. The molecule has 106 valence electrons. The third-order valence-electron chi connectivity index (χ3n) is 4.23. The van der Waals surface area contributed by atoms with E-state index in [4.69, 9.17) is 5.73 Å². The molecule has 1 aliphatic rings. The minimum Gasteiger partial charge on any atom is -0.368 e. The average Bonchev–Trinajstić information content (AvgIpc) is 2.35. The summed E-state index contributed by atoms with van der Waals surface area (Å²) >= 11 is 0. The van der Waals surface area contributed by atoms with Gasteiger partial charge in [-0.1, -0.05) is 6.92 Å². The van der Waals surface area contributed by atoms with Crippen LogP contribution in [-0.4, -0.2) is 12.6 Å². The average molecular weight is 264 g/mol. The summed E-state index contributed by atoms with van der Waals surface area (Å²) in [5, 5.41) is 0. The van der Waals surface area contributed by atoms with Gasteiger partial charge in [0, 0.05) is 24.3 Å². The summed E-state index contributed by atoms with van der Waals surface area (Å²) in [4.78, 5) is 2.40. The van der Waals surface area contributed by atoms with Crippen molar-refractivity contribution in [3.63, 3.8) is 0 Å². The van der Waals surface area contributed by atoms with Crippen LogP contribution in [0.5, 0.6) is 0 Å². The van der Waals surface area contributed by atoms with Gasteiger partial charge in [0.1, 0.15) is 5.82 Å². The Morgan fingerprint density at radius 1 is 1.32 bits per heavy atom. The van der Waals surface area contributed by atoms with Gasteiger partial charge in [0.15, 0.2) is 0 Å². The summed E-state index contributed by atoms with van der Waals surface area (Å²) in [5.74, 6) is 0.524. The highest BCUT2D eigenvalue weighted by Crippen LogP contribution is 2.34. The van der Waals surface area contributed by atoms with Gasteiger partial charge < -0.3 is 10.6 Å². The number of nitrogens with two attached hydrogens (primary N) is 1. The standard InChI is InChI=1S/C16H25FN2/c1-10-5-6-12(3)19(9-10)16-7-11(2)15(17)8-14(16)13(4)18/h7-8,10,12-13H,5-6,9,18H2,1-4H3/t10?,12?,13-/m1/s1. The summed E-state index contributed by atoms with van der Waals surface area (Å²) in [6.45, 7) is 9.30. The van der Waals surface area contributed by atoms with Crippen LogP contribution in [0.25, 0.3) is 0 Å². The molecule has 0 bridgehead atoms. The smallest absolute Gasteiger partial charge is 0.126 e. The van der Waals surface area contributed by atoms with Crippen LogP contribution in [0.3, 0.4) is 0 Å². The van der Waals surface area contributed by atoms with Crippen molar-refractivity contribution in [2.45, 2.75) is 52.6 Å². The van der Waals surface area contributed by atoms with Gasteiger partial charge in [-0.25, -0.2) is 4.39 Å². The third kappa shape index (κ3) is 2.92. The molecule has 1 saturated heterocycles. The predicted molar refractivity (Wildman–Crippen MR) is 78.9 cm³/mol. The first-order valence-electron chi connectivity index (χ1n) is 7.22. The van der Waals surface area contributed by atoms with Gasteiger partial charge in [0.05, 0.1) is 0 Å². The van der Waals surface area contributed by atoms with Crippen LogP contribution in [0.4, 0.5) is 10.1 Å². The highest BCUT2D eigenvalue weighted by atomic mass is 19.1. The number of anilines is 1. The van der Waals surface area contributed by atoms with E-state index in [1.54, 1.807) is 6.07 Å². The van der Waals surface area contributed by atoms with Gasteiger partial charge in [-0.15, -0.1) is 0 Å². The van der Waals surface area contributed by atoms with E-state index < -0.39 is 0 Å². The monoisotopic (exact) mass is 264 g/mol. The van der Waals surface area contributed by atoms with Crippen LogP contribution in [0.2, 0.25) is 0 Å². The molecule has 1 heterocycles. The fraction of sp³-hybridized carbons (Fsp3) is 0.625. The molecule has 0 saturated carbocycles. The van der Waals surface area contributed by atoms with Gasteiger partial charge >= 0.3 is 0 Å². The zero-order valence-electron chi connectivity index (χ0n) is 12.4. The van der Waals surface area contributed by atoms with E-state index in [1.807, 2.05) is 19.9 Å². The lowest BCUT2D eigenvalue weighted by molar-refractivity contribution is 0.389. The number of hydrogen-bond donors (Lipinski definition) is 1. The molecule has 2 rings (SSSR count). The summed E-state index contributed by atoms with van der Waals surface area (Å²) in [6, 6.07) is 3.93. The quantitative estimate of drug-likeness (QED) is 0.881. The molecule has 1 aromatic carbocycles. The molecule has 3 heteroatoms. The SMILES string of the molecule is Cc1cc(N2CC(C)CCC2C)c([C@@H](C)N)cc1F. The summed E-state index contributed by atoms with van der Waals surface area (Å²) < 4.78 is 13.8. The van der Waals surface area contributed by atoms with E-state index in [9.17, 15) is 4.39 Å². The van der Waals surface area contributed by atoms with E-state index in [-0.39, 0.29) is 11.9 Å². The number of nitrogens with zero attached hydrogens (tertiary/aromatic N) is 1. The van der Waals surface area contributed by atoms with Crippen molar-refractivity contribution < 1.29 is 4.39 Å². The Balaban J connectivity index is 2.44. The van der Waals surface area contributed by atoms with Gasteiger partial charge in [0.2, 0.25) is 0 Å². The molecule has 19 heavy (non-hydrogen) atoms. The van der Waals surface area contributed by atoms with E-state index in [2.05, 4.69) is 18.7 Å². The number of piperidine rings is 1. The maximum atomic E-state index is 13.8. The van der Waals surface area contributed by atoms with Crippen molar-refractivity contribution in [3.8, 4) is 0 Å². The van der Waals surface area contributed by atoms with E-state index >= 15 is 0 Å². The van der Waals surface area contributed by atoms with Gasteiger partial charge in [-0.05, 0) is 62.8 Å². The number of benzene rings is 1. The largest absolute Gasteiger partial charge is 0.368 e. The number of halogens is 1. The van der Waals surface area contributed by atoms with Gasteiger partial charge in [-0.2, -0.15) is 0 Å². The second-order valence-corrected chi connectivity index (χ2v) is 6.13. The van der Waals surface area contributed by atoms with Crippen LogP contribution < -0.4 is 10.6 Å². The lowest BCUT2D eigenvalue weighted by Gasteiger charge is -2.40. The summed E-state index contributed by atoms with van der Waals surface area (Å²) in [7, 11) is 0. The number of hydrogen-bond acceptors (Lipinski definition) is 2. The molecule has 0 amide bonds. The fourth-order valence-electron chi connectivity index (χ4n) is 2.92. The topological polar surface area (TPSA) is 29.3 Å². The molecule has 0 aliphatic carbocycles. The van der Waals surface area contributed by atoms with Crippen molar-refractivity contribution in [1.82, 2.24) is 0 Å². The minimum atomic E-state index is -0.159. The summed E-state index contributed by atoms with van der Waals surface area (Å²) in [6.07, 6.45) is 2.46. The molecular formula is C16H25FN2. The number of rotatable bonds is 2. The minimum absolute atomic E-state index is 0.144. The van der Waals surface area contributed by atoms with E-state index in [0.29, 0.717) is 17.5 Å². The zero-order valence-corrected chi connectivity index (χ0v) is 12.4. The highest BCUT2D eigenvalue weighted by Gasteiger charge is 2.26. The second kappa shape index (κ2) is 5.49. The van der Waals surface area contributed by atoms with Crippen molar-refractivity contribution in [2.24, 2.45) is 11.7 Å². The van der Waals surface area contributed by atoms with E-state index in [1.165, 1.54) is 12.8 Å². The van der Waals surface area contributed by atoms with Crippen LogP contribution in [-0.2, 0) is 0 Å². The van der Waals surface area contributed by atoms with Gasteiger partial charge in [-0.3, -0.25) is 0 Å². The Hall–Kier alpha value is -1.09. The Morgan fingerprint density at radius 3 is 2.63 bits per heavy atom. The lowest BCUT2D eigenvalue weighted by Crippen LogP contribution is -2.42. The Kier molecular flexibility index (Phi) is 4.14. The molecule has 0 radical (unpaired) electrons. The van der Waals surface area contributed by atoms with Crippen molar-refractivity contribution in [1.29, 1.82) is 0 Å². The molecule has 3 atom stereocenters. The molecule has 2 nitrogen and oxygen atoms in total. The fourth-order valence-corrected chi connectivity index (χ4v) is 2.92. The molecule has 2 N–H and O–H groups in total. The van der Waals surface area contributed by atoms with Crippen molar-refractivity contribution >= 4 is 5.69 Å².